The van der Waals surface area contributed by atoms with Crippen LogP contribution in [-0.2, 0) is 16.1 Å². The summed E-state index contributed by atoms with van der Waals surface area (Å²) in [7, 11) is 0. The van der Waals surface area contributed by atoms with E-state index in [1.165, 1.54) is 0 Å². The minimum absolute atomic E-state index is 0.328. The summed E-state index contributed by atoms with van der Waals surface area (Å²) in [6.07, 6.45) is -0.941. The zero-order chi connectivity index (χ0) is 11.0. The first kappa shape index (κ1) is 10.6. The van der Waals surface area contributed by atoms with Gasteiger partial charge in [0.25, 0.3) is 0 Å². The van der Waals surface area contributed by atoms with E-state index in [-0.39, 0.29) is 0 Å². The second kappa shape index (κ2) is 4.37. The third-order valence-electron chi connectivity index (χ3n) is 2.92. The van der Waals surface area contributed by atoms with Crippen LogP contribution in [0.4, 0.5) is 0 Å². The highest BCUT2D eigenvalue weighted by molar-refractivity contribution is 8.07. The van der Waals surface area contributed by atoms with Crippen molar-refractivity contribution in [3.05, 3.63) is 35.9 Å². The van der Waals surface area contributed by atoms with Gasteiger partial charge < -0.3 is 14.6 Å². The van der Waals surface area contributed by atoms with Crippen LogP contribution in [0, 0.1) is 0 Å². The van der Waals surface area contributed by atoms with Gasteiger partial charge in [-0.15, -0.1) is 11.8 Å². The quantitative estimate of drug-likeness (QED) is 0.808. The van der Waals surface area contributed by atoms with Crippen molar-refractivity contribution in [3.8, 4) is 0 Å². The fourth-order valence-corrected chi connectivity index (χ4v) is 2.93. The summed E-state index contributed by atoms with van der Waals surface area (Å²) in [5.41, 5.74) is 1.10. The number of ether oxygens (including phenoxy) is 2. The summed E-state index contributed by atoms with van der Waals surface area (Å²) >= 11 is 1.78. The maximum absolute atomic E-state index is 9.89. The van der Waals surface area contributed by atoms with E-state index in [1.54, 1.807) is 11.8 Å². The minimum Gasteiger partial charge on any atom is -0.387 e. The fraction of sp³-hybridized carbons (Fsp3) is 0.500. The van der Waals surface area contributed by atoms with Crippen molar-refractivity contribution < 1.29 is 14.6 Å². The van der Waals surface area contributed by atoms with Crippen molar-refractivity contribution in [2.45, 2.75) is 29.5 Å². The second-order valence-electron chi connectivity index (χ2n) is 4.13. The molecule has 1 aromatic rings. The van der Waals surface area contributed by atoms with Crippen LogP contribution in [0.5, 0.6) is 0 Å². The number of hydrogen-bond acceptors (Lipinski definition) is 4. The Balaban J connectivity index is 1.55. The third-order valence-corrected chi connectivity index (χ3v) is 4.31. The van der Waals surface area contributed by atoms with Crippen molar-refractivity contribution in [2.24, 2.45) is 0 Å². The number of thioether (sulfide) groups is 1. The van der Waals surface area contributed by atoms with Crippen molar-refractivity contribution >= 4 is 11.8 Å². The Morgan fingerprint density at radius 1 is 1.38 bits per heavy atom. The van der Waals surface area contributed by atoms with Gasteiger partial charge in [-0.25, -0.2) is 0 Å². The molecule has 0 amide bonds. The molecule has 1 N–H and O–H groups in total. The summed E-state index contributed by atoms with van der Waals surface area (Å²) in [6, 6.07) is 9.93. The second-order valence-corrected chi connectivity index (χ2v) is 5.55. The topological polar surface area (TPSA) is 38.7 Å². The van der Waals surface area contributed by atoms with Crippen LogP contribution in [0.3, 0.4) is 0 Å². The molecular formula is C12H14O3S. The first-order chi connectivity index (χ1) is 7.84. The average Bonchev–Trinajstić information content (AvgIpc) is 3.10. The molecule has 0 saturated carbocycles. The van der Waals surface area contributed by atoms with Crippen LogP contribution in [0.25, 0.3) is 0 Å². The lowest BCUT2D eigenvalue weighted by atomic mass is 10.1. The highest BCUT2D eigenvalue weighted by atomic mass is 32.2. The lowest BCUT2D eigenvalue weighted by Gasteiger charge is -2.26. The van der Waals surface area contributed by atoms with Crippen LogP contribution < -0.4 is 0 Å². The van der Waals surface area contributed by atoms with Crippen molar-refractivity contribution in [3.63, 3.8) is 0 Å². The molecule has 3 rings (SSSR count). The molecular weight excluding hydrogens is 224 g/mol. The Morgan fingerprint density at radius 3 is 3.00 bits per heavy atom. The van der Waals surface area contributed by atoms with E-state index in [0.29, 0.717) is 23.7 Å². The van der Waals surface area contributed by atoms with Gasteiger partial charge >= 0.3 is 0 Å². The molecule has 4 atom stereocenters. The summed E-state index contributed by atoms with van der Waals surface area (Å²) in [5.74, 6) is 0. The summed E-state index contributed by atoms with van der Waals surface area (Å²) < 4.78 is 11.1. The maximum Gasteiger partial charge on any atom is 0.184 e. The van der Waals surface area contributed by atoms with Gasteiger partial charge in [-0.05, 0) is 5.56 Å². The minimum atomic E-state index is -0.479. The Hall–Kier alpha value is -0.550. The molecule has 86 valence electrons. The predicted molar refractivity (Wildman–Crippen MR) is 62.1 cm³/mol. The van der Waals surface area contributed by atoms with E-state index in [0.717, 1.165) is 5.56 Å². The van der Waals surface area contributed by atoms with E-state index in [1.807, 2.05) is 30.3 Å². The molecule has 3 nitrogen and oxygen atoms in total. The summed E-state index contributed by atoms with van der Waals surface area (Å²) in [6.45, 7) is 1.19. The van der Waals surface area contributed by atoms with Crippen LogP contribution in [-0.4, -0.2) is 34.6 Å². The van der Waals surface area contributed by atoms with E-state index >= 15 is 0 Å². The molecule has 0 radical (unpaired) electrons. The molecule has 0 unspecified atom stereocenters. The Morgan fingerprint density at radius 2 is 2.19 bits per heavy atom. The number of rotatable bonds is 3. The largest absolute Gasteiger partial charge is 0.387 e. The van der Waals surface area contributed by atoms with Crippen molar-refractivity contribution in [1.29, 1.82) is 0 Å². The molecule has 2 aliphatic rings. The van der Waals surface area contributed by atoms with Gasteiger partial charge in [0.05, 0.1) is 18.5 Å². The van der Waals surface area contributed by atoms with Gasteiger partial charge in [0.1, 0.15) is 6.10 Å². The first-order valence-electron chi connectivity index (χ1n) is 5.45. The molecule has 2 heterocycles. The zero-order valence-electron chi connectivity index (χ0n) is 8.78. The SMILES string of the molecule is O[C@H]1[C@@H](OCc2ccccc2)OC[C@@H]2S[C@H]12. The normalized spacial score (nSPS) is 36.8. The van der Waals surface area contributed by atoms with E-state index in [2.05, 4.69) is 0 Å². The Labute approximate surface area is 98.8 Å². The van der Waals surface area contributed by atoms with Gasteiger partial charge in [0, 0.05) is 5.25 Å². The number of aliphatic hydroxyl groups excluding tert-OH is 1. The maximum atomic E-state index is 9.89. The molecule has 0 spiro atoms. The smallest absolute Gasteiger partial charge is 0.184 e. The number of benzene rings is 1. The van der Waals surface area contributed by atoms with Crippen LogP contribution in [0.1, 0.15) is 5.56 Å². The molecule has 0 bridgehead atoms. The molecule has 16 heavy (non-hydrogen) atoms. The van der Waals surface area contributed by atoms with Gasteiger partial charge in [-0.3, -0.25) is 0 Å². The molecule has 2 fully saturated rings. The molecule has 2 aliphatic heterocycles. The van der Waals surface area contributed by atoms with E-state index < -0.39 is 12.4 Å². The molecule has 2 saturated heterocycles. The monoisotopic (exact) mass is 238 g/mol. The number of fused-ring (bicyclic) bond motifs is 1. The Kier molecular flexibility index (Phi) is 2.90. The van der Waals surface area contributed by atoms with Gasteiger partial charge in [-0.2, -0.15) is 0 Å². The van der Waals surface area contributed by atoms with Crippen molar-refractivity contribution in [1.82, 2.24) is 0 Å². The molecule has 1 aromatic carbocycles. The van der Waals surface area contributed by atoms with E-state index in [4.69, 9.17) is 9.47 Å². The molecule has 0 aromatic heterocycles. The summed E-state index contributed by atoms with van der Waals surface area (Å²) in [4.78, 5) is 0. The third kappa shape index (κ3) is 2.11. The standard InChI is InChI=1S/C12H14O3S/c13-10-11-9(16-11)7-15-12(10)14-6-8-4-2-1-3-5-8/h1-5,9-13H,6-7H2/t9-,10+,11-,12-/m0/s1. The van der Waals surface area contributed by atoms with Crippen LogP contribution in [0.2, 0.25) is 0 Å². The highest BCUT2D eigenvalue weighted by Crippen LogP contribution is 2.48. The lowest BCUT2D eigenvalue weighted by Crippen LogP contribution is -2.41. The van der Waals surface area contributed by atoms with Gasteiger partial charge in [0.2, 0.25) is 0 Å². The number of aliphatic hydroxyl groups is 1. The molecule has 4 heteroatoms. The number of hydrogen-bond donors (Lipinski definition) is 1. The van der Waals surface area contributed by atoms with E-state index in [9.17, 15) is 5.11 Å². The van der Waals surface area contributed by atoms with Gasteiger partial charge in [0.15, 0.2) is 6.29 Å². The van der Waals surface area contributed by atoms with Crippen LogP contribution in [0.15, 0.2) is 30.3 Å². The Bertz CT molecular complexity index is 357. The predicted octanol–water partition coefficient (Wildman–Crippen LogP) is 1.40. The van der Waals surface area contributed by atoms with Gasteiger partial charge in [-0.1, -0.05) is 30.3 Å². The zero-order valence-corrected chi connectivity index (χ0v) is 9.60. The van der Waals surface area contributed by atoms with Crippen molar-refractivity contribution in [2.75, 3.05) is 6.61 Å². The summed E-state index contributed by atoms with van der Waals surface area (Å²) in [5, 5.41) is 10.7. The average molecular weight is 238 g/mol. The first-order valence-corrected chi connectivity index (χ1v) is 6.39. The molecule has 0 aliphatic carbocycles. The van der Waals surface area contributed by atoms with Crippen LogP contribution >= 0.6 is 11.8 Å². The highest BCUT2D eigenvalue weighted by Gasteiger charge is 2.51. The lowest BCUT2D eigenvalue weighted by molar-refractivity contribution is -0.210. The fourth-order valence-electron chi connectivity index (χ4n) is 1.93.